The SMILES string of the molecule is O=Cc1c(F)cc(N[C@H]2CCN(CCCF)C2)cc1F. The topological polar surface area (TPSA) is 32.3 Å². The van der Waals surface area contributed by atoms with Gasteiger partial charge in [0.2, 0.25) is 0 Å². The highest BCUT2D eigenvalue weighted by atomic mass is 19.1. The zero-order valence-corrected chi connectivity index (χ0v) is 11.0. The molecule has 20 heavy (non-hydrogen) atoms. The second-order valence-electron chi connectivity index (χ2n) is 4.94. The highest BCUT2D eigenvalue weighted by Crippen LogP contribution is 2.21. The first kappa shape index (κ1) is 14.8. The fourth-order valence-electron chi connectivity index (χ4n) is 2.45. The van der Waals surface area contributed by atoms with Gasteiger partial charge in [-0.2, -0.15) is 0 Å². The number of halogens is 3. The van der Waals surface area contributed by atoms with E-state index in [4.69, 9.17) is 0 Å². The molecule has 1 atom stereocenters. The molecule has 110 valence electrons. The van der Waals surface area contributed by atoms with Crippen molar-refractivity contribution in [1.29, 1.82) is 0 Å². The first-order valence-electron chi connectivity index (χ1n) is 6.63. The molecule has 0 amide bonds. The Labute approximate surface area is 115 Å². The van der Waals surface area contributed by atoms with E-state index in [2.05, 4.69) is 10.2 Å². The zero-order valence-electron chi connectivity index (χ0n) is 11.0. The van der Waals surface area contributed by atoms with Gasteiger partial charge >= 0.3 is 0 Å². The Morgan fingerprint density at radius 3 is 2.65 bits per heavy atom. The molecule has 1 aliphatic heterocycles. The molecule has 0 radical (unpaired) electrons. The van der Waals surface area contributed by atoms with Gasteiger partial charge in [-0.25, -0.2) is 8.78 Å². The van der Waals surface area contributed by atoms with Gasteiger partial charge in [-0.15, -0.1) is 0 Å². The summed E-state index contributed by atoms with van der Waals surface area (Å²) >= 11 is 0. The summed E-state index contributed by atoms with van der Waals surface area (Å²) in [5.74, 6) is -1.73. The third-order valence-electron chi connectivity index (χ3n) is 3.45. The number of hydrogen-bond acceptors (Lipinski definition) is 3. The predicted octanol–water partition coefficient (Wildman–Crippen LogP) is 2.62. The van der Waals surface area contributed by atoms with Crippen molar-refractivity contribution in [1.82, 2.24) is 4.90 Å². The average Bonchev–Trinajstić information content (AvgIpc) is 2.83. The molecule has 0 spiro atoms. The standard InChI is InChI=1S/C14H17F3N2O/c15-3-1-4-19-5-2-10(8-19)18-11-6-13(16)12(9-20)14(17)7-11/h6-7,9-10,18H,1-5,8H2/t10-/m0/s1. The first-order chi connectivity index (χ1) is 9.63. The number of hydrogen-bond donors (Lipinski definition) is 1. The minimum Gasteiger partial charge on any atom is -0.381 e. The summed E-state index contributed by atoms with van der Waals surface area (Å²) in [4.78, 5) is 12.6. The Balaban J connectivity index is 1.96. The van der Waals surface area contributed by atoms with Crippen LogP contribution in [0.25, 0.3) is 0 Å². The normalized spacial score (nSPS) is 19.2. The highest BCUT2D eigenvalue weighted by molar-refractivity contribution is 5.76. The Morgan fingerprint density at radius 1 is 1.35 bits per heavy atom. The van der Waals surface area contributed by atoms with Gasteiger partial charge in [-0.05, 0) is 25.0 Å². The number of rotatable bonds is 6. The molecule has 1 aromatic carbocycles. The van der Waals surface area contributed by atoms with Crippen LogP contribution in [-0.4, -0.2) is 43.5 Å². The van der Waals surface area contributed by atoms with E-state index in [0.717, 1.165) is 31.6 Å². The number of likely N-dealkylation sites (tertiary alicyclic amines) is 1. The van der Waals surface area contributed by atoms with Gasteiger partial charge in [-0.3, -0.25) is 9.18 Å². The van der Waals surface area contributed by atoms with Crippen molar-refractivity contribution in [3.8, 4) is 0 Å². The summed E-state index contributed by atoms with van der Waals surface area (Å²) < 4.78 is 39.0. The second kappa shape index (κ2) is 6.74. The summed E-state index contributed by atoms with van der Waals surface area (Å²) in [5, 5.41) is 3.05. The number of aldehydes is 1. The maximum Gasteiger partial charge on any atom is 0.155 e. The van der Waals surface area contributed by atoms with Crippen LogP contribution < -0.4 is 5.32 Å². The van der Waals surface area contributed by atoms with Gasteiger partial charge < -0.3 is 10.2 Å². The molecule has 0 aromatic heterocycles. The summed E-state index contributed by atoms with van der Waals surface area (Å²) in [7, 11) is 0. The van der Waals surface area contributed by atoms with Gasteiger partial charge in [0.15, 0.2) is 6.29 Å². The van der Waals surface area contributed by atoms with Gasteiger partial charge in [0.1, 0.15) is 11.6 Å². The van der Waals surface area contributed by atoms with Crippen LogP contribution in [-0.2, 0) is 0 Å². The molecule has 1 saturated heterocycles. The van der Waals surface area contributed by atoms with E-state index in [9.17, 15) is 18.0 Å². The lowest BCUT2D eigenvalue weighted by molar-refractivity contribution is 0.111. The van der Waals surface area contributed by atoms with Crippen LogP contribution in [0.1, 0.15) is 23.2 Å². The fourth-order valence-corrected chi connectivity index (χ4v) is 2.45. The summed E-state index contributed by atoms with van der Waals surface area (Å²) in [6.07, 6.45) is 1.51. The Bertz CT molecular complexity index is 458. The molecule has 1 fully saturated rings. The van der Waals surface area contributed by atoms with Crippen molar-refractivity contribution in [3.05, 3.63) is 29.3 Å². The fraction of sp³-hybridized carbons (Fsp3) is 0.500. The Morgan fingerprint density at radius 2 is 2.05 bits per heavy atom. The third-order valence-corrected chi connectivity index (χ3v) is 3.45. The summed E-state index contributed by atoms with van der Waals surface area (Å²) in [6, 6.07) is 2.32. The van der Waals surface area contributed by atoms with Crippen LogP contribution in [0.4, 0.5) is 18.9 Å². The Hall–Kier alpha value is -1.56. The lowest BCUT2D eigenvalue weighted by Gasteiger charge is -2.17. The van der Waals surface area contributed by atoms with Crippen LogP contribution in [0.5, 0.6) is 0 Å². The molecule has 0 unspecified atom stereocenters. The summed E-state index contributed by atoms with van der Waals surface area (Å²) in [6.45, 7) is 1.92. The highest BCUT2D eigenvalue weighted by Gasteiger charge is 2.22. The molecule has 1 aromatic rings. The maximum absolute atomic E-state index is 13.5. The number of carbonyl (C=O) groups is 1. The van der Waals surface area contributed by atoms with E-state index in [1.165, 1.54) is 0 Å². The lowest BCUT2D eigenvalue weighted by Crippen LogP contribution is -2.27. The van der Waals surface area contributed by atoms with E-state index in [0.29, 0.717) is 18.7 Å². The van der Waals surface area contributed by atoms with Crippen molar-refractivity contribution < 1.29 is 18.0 Å². The minimum absolute atomic E-state index is 0.0792. The second-order valence-corrected chi connectivity index (χ2v) is 4.94. The molecule has 3 nitrogen and oxygen atoms in total. The number of nitrogens with one attached hydrogen (secondary N) is 1. The third kappa shape index (κ3) is 3.50. The van der Waals surface area contributed by atoms with Gasteiger partial charge in [0.05, 0.1) is 12.2 Å². The molecule has 6 heteroatoms. The number of nitrogens with zero attached hydrogens (tertiary/aromatic N) is 1. The zero-order chi connectivity index (χ0) is 14.5. The van der Waals surface area contributed by atoms with Gasteiger partial charge in [-0.1, -0.05) is 0 Å². The molecule has 0 bridgehead atoms. The van der Waals surface area contributed by atoms with E-state index < -0.39 is 17.2 Å². The van der Waals surface area contributed by atoms with E-state index in [1.54, 1.807) is 0 Å². The van der Waals surface area contributed by atoms with Crippen molar-refractivity contribution in [3.63, 3.8) is 0 Å². The van der Waals surface area contributed by atoms with Crippen molar-refractivity contribution in [2.75, 3.05) is 31.6 Å². The molecule has 0 aliphatic carbocycles. The molecule has 1 aliphatic rings. The molecule has 2 rings (SSSR count). The van der Waals surface area contributed by atoms with Crippen LogP contribution in [0, 0.1) is 11.6 Å². The quantitative estimate of drug-likeness (QED) is 0.816. The largest absolute Gasteiger partial charge is 0.381 e. The molecule has 1 heterocycles. The number of benzene rings is 1. The number of carbonyl (C=O) groups excluding carboxylic acids is 1. The first-order valence-corrected chi connectivity index (χ1v) is 6.63. The van der Waals surface area contributed by atoms with Crippen LogP contribution >= 0.6 is 0 Å². The predicted molar refractivity (Wildman–Crippen MR) is 70.8 cm³/mol. The molecule has 1 N–H and O–H groups in total. The Kier molecular flexibility index (Phi) is 5.00. The minimum atomic E-state index is -0.866. The van der Waals surface area contributed by atoms with E-state index in [-0.39, 0.29) is 19.0 Å². The molecular formula is C14H17F3N2O. The van der Waals surface area contributed by atoms with Crippen LogP contribution in [0.3, 0.4) is 0 Å². The smallest absolute Gasteiger partial charge is 0.155 e. The summed E-state index contributed by atoms with van der Waals surface area (Å²) in [5.41, 5.74) is -0.227. The lowest BCUT2D eigenvalue weighted by atomic mass is 10.1. The number of alkyl halides is 1. The monoisotopic (exact) mass is 286 g/mol. The molecule has 0 saturated carbocycles. The average molecular weight is 286 g/mol. The van der Waals surface area contributed by atoms with Gasteiger partial charge in [0, 0.05) is 31.4 Å². The number of anilines is 1. The van der Waals surface area contributed by atoms with Crippen LogP contribution in [0.15, 0.2) is 12.1 Å². The maximum atomic E-state index is 13.5. The van der Waals surface area contributed by atoms with Crippen molar-refractivity contribution >= 4 is 12.0 Å². The van der Waals surface area contributed by atoms with Gasteiger partial charge in [0.25, 0.3) is 0 Å². The van der Waals surface area contributed by atoms with Crippen molar-refractivity contribution in [2.45, 2.75) is 18.9 Å². The van der Waals surface area contributed by atoms with E-state index in [1.807, 2.05) is 0 Å². The van der Waals surface area contributed by atoms with Crippen LogP contribution in [0.2, 0.25) is 0 Å². The molecular weight excluding hydrogens is 269 g/mol. The van der Waals surface area contributed by atoms with E-state index >= 15 is 0 Å². The van der Waals surface area contributed by atoms with Crippen molar-refractivity contribution in [2.24, 2.45) is 0 Å².